The summed E-state index contributed by atoms with van der Waals surface area (Å²) in [5.41, 5.74) is 2.40. The van der Waals surface area contributed by atoms with Crippen molar-refractivity contribution in [3.8, 4) is 0 Å². The van der Waals surface area contributed by atoms with Crippen LogP contribution in [0.25, 0.3) is 0 Å². The van der Waals surface area contributed by atoms with Crippen molar-refractivity contribution < 1.29 is 29.3 Å². The number of aliphatic hydroxyl groups excluding tert-OH is 2. The molecule has 1 unspecified atom stereocenters. The lowest BCUT2D eigenvalue weighted by Crippen LogP contribution is -2.57. The zero-order chi connectivity index (χ0) is 21.3. The van der Waals surface area contributed by atoms with Gasteiger partial charge in [-0.2, -0.15) is 0 Å². The lowest BCUT2D eigenvalue weighted by molar-refractivity contribution is -0.0148. The number of fused-ring (bicyclic) bond motifs is 1. The van der Waals surface area contributed by atoms with Gasteiger partial charge in [0, 0.05) is 31.7 Å². The van der Waals surface area contributed by atoms with Gasteiger partial charge in [0.2, 0.25) is 0 Å². The summed E-state index contributed by atoms with van der Waals surface area (Å²) in [6, 6.07) is 3.17. The van der Waals surface area contributed by atoms with Crippen molar-refractivity contribution in [2.24, 2.45) is 0 Å². The summed E-state index contributed by atoms with van der Waals surface area (Å²) < 4.78 is 10.5. The third kappa shape index (κ3) is 4.71. The molecule has 0 radical (unpaired) electrons. The quantitative estimate of drug-likeness (QED) is 0.733. The third-order valence-electron chi connectivity index (χ3n) is 5.44. The van der Waals surface area contributed by atoms with Crippen molar-refractivity contribution in [2.45, 2.75) is 52.0 Å². The van der Waals surface area contributed by atoms with E-state index in [0.717, 1.165) is 16.7 Å². The highest BCUT2D eigenvalue weighted by Gasteiger charge is 2.33. The first kappa shape index (κ1) is 21.5. The Morgan fingerprint density at radius 1 is 1.34 bits per heavy atom. The van der Waals surface area contributed by atoms with Crippen LogP contribution in [-0.4, -0.2) is 76.5 Å². The van der Waals surface area contributed by atoms with Crippen LogP contribution in [0.5, 0.6) is 0 Å². The molecule has 160 valence electrons. The summed E-state index contributed by atoms with van der Waals surface area (Å²) in [5.74, 6) is -0.331. The summed E-state index contributed by atoms with van der Waals surface area (Å²) in [7, 11) is 0. The SMILES string of the molecule is Cc1c([C@@H](O)CN2CCN(C(=O)OC(C)(C)C)CC2CO)ccc2c1COC2=O. The van der Waals surface area contributed by atoms with E-state index in [0.29, 0.717) is 31.7 Å². The Morgan fingerprint density at radius 3 is 2.72 bits per heavy atom. The van der Waals surface area contributed by atoms with Crippen LogP contribution < -0.4 is 0 Å². The standard InChI is InChI=1S/C21H30N2O6/c1-13-15(5-6-16-17(13)12-28-19(16)26)18(25)10-22-7-8-23(9-14(22)11-24)20(27)29-21(2,3)4/h5-6,14,18,24-25H,7-12H2,1-4H3/t14?,18-/m0/s1. The minimum absolute atomic E-state index is 0.127. The number of rotatable bonds is 4. The predicted octanol–water partition coefficient (Wildman–Crippen LogP) is 1.61. The van der Waals surface area contributed by atoms with Crippen LogP contribution in [0.1, 0.15) is 53.9 Å². The molecule has 1 saturated heterocycles. The maximum Gasteiger partial charge on any atom is 0.410 e. The third-order valence-corrected chi connectivity index (χ3v) is 5.44. The van der Waals surface area contributed by atoms with Crippen LogP contribution in [0.4, 0.5) is 4.79 Å². The Kier molecular flexibility index (Phi) is 6.16. The van der Waals surface area contributed by atoms with Crippen LogP contribution in [0.2, 0.25) is 0 Å². The smallest absolute Gasteiger partial charge is 0.410 e. The molecule has 8 nitrogen and oxygen atoms in total. The summed E-state index contributed by atoms with van der Waals surface area (Å²) in [6.45, 7) is 9.08. The van der Waals surface area contributed by atoms with Gasteiger partial charge in [0.05, 0.1) is 24.3 Å². The molecule has 0 saturated carbocycles. The number of carbonyl (C=O) groups excluding carboxylic acids is 2. The van der Waals surface area contributed by atoms with E-state index >= 15 is 0 Å². The summed E-state index contributed by atoms with van der Waals surface area (Å²) in [4.78, 5) is 27.6. The number of nitrogens with zero attached hydrogens (tertiary/aromatic N) is 2. The van der Waals surface area contributed by atoms with Crippen molar-refractivity contribution in [2.75, 3.05) is 32.8 Å². The van der Waals surface area contributed by atoms with E-state index < -0.39 is 17.8 Å². The molecule has 2 atom stereocenters. The fourth-order valence-electron chi connectivity index (χ4n) is 3.85. The number of cyclic esters (lactones) is 1. The van der Waals surface area contributed by atoms with Crippen molar-refractivity contribution in [3.63, 3.8) is 0 Å². The van der Waals surface area contributed by atoms with Gasteiger partial charge in [0.25, 0.3) is 0 Å². The van der Waals surface area contributed by atoms with Gasteiger partial charge < -0.3 is 24.6 Å². The number of benzene rings is 1. The maximum atomic E-state index is 12.3. The molecule has 2 aliphatic heterocycles. The Bertz CT molecular complexity index is 788. The minimum Gasteiger partial charge on any atom is -0.457 e. The van der Waals surface area contributed by atoms with Crippen LogP contribution in [0.15, 0.2) is 12.1 Å². The van der Waals surface area contributed by atoms with E-state index in [1.165, 1.54) is 0 Å². The number of carbonyl (C=O) groups is 2. The van der Waals surface area contributed by atoms with Crippen molar-refractivity contribution in [1.29, 1.82) is 0 Å². The molecule has 1 fully saturated rings. The number of β-amino-alcohol motifs (C(OH)–C–C–N with tert-alkyl or cyclic N) is 1. The Labute approximate surface area is 171 Å². The monoisotopic (exact) mass is 406 g/mol. The van der Waals surface area contributed by atoms with E-state index in [4.69, 9.17) is 9.47 Å². The molecule has 29 heavy (non-hydrogen) atoms. The van der Waals surface area contributed by atoms with Gasteiger partial charge >= 0.3 is 12.1 Å². The number of aliphatic hydroxyl groups is 2. The van der Waals surface area contributed by atoms with Crippen LogP contribution in [0, 0.1) is 6.92 Å². The molecule has 2 N–H and O–H groups in total. The second-order valence-electron chi connectivity index (χ2n) is 8.66. The normalized spacial score (nSPS) is 21.0. The first-order chi connectivity index (χ1) is 13.6. The highest BCUT2D eigenvalue weighted by Crippen LogP contribution is 2.30. The van der Waals surface area contributed by atoms with Crippen molar-refractivity contribution in [3.05, 3.63) is 34.4 Å². The molecule has 8 heteroatoms. The molecule has 0 aromatic heterocycles. The van der Waals surface area contributed by atoms with E-state index in [2.05, 4.69) is 0 Å². The lowest BCUT2D eigenvalue weighted by Gasteiger charge is -2.41. The van der Waals surface area contributed by atoms with Gasteiger partial charge in [-0.05, 0) is 44.9 Å². The van der Waals surface area contributed by atoms with Gasteiger partial charge in [-0.3, -0.25) is 4.90 Å². The highest BCUT2D eigenvalue weighted by molar-refractivity contribution is 5.93. The van der Waals surface area contributed by atoms with Crippen molar-refractivity contribution in [1.82, 2.24) is 9.80 Å². The molecule has 0 aliphatic carbocycles. The Hall–Kier alpha value is -2.16. The van der Waals surface area contributed by atoms with E-state index in [9.17, 15) is 19.8 Å². The molecule has 3 rings (SSSR count). The number of hydrogen-bond donors (Lipinski definition) is 2. The first-order valence-electron chi connectivity index (χ1n) is 9.91. The van der Waals surface area contributed by atoms with Gasteiger partial charge in [0.1, 0.15) is 12.2 Å². The molecule has 0 bridgehead atoms. The fraction of sp³-hybridized carbons (Fsp3) is 0.619. The molecule has 2 heterocycles. The average Bonchev–Trinajstić information content (AvgIpc) is 3.02. The molecule has 1 aromatic carbocycles. The van der Waals surface area contributed by atoms with Crippen LogP contribution >= 0.6 is 0 Å². The lowest BCUT2D eigenvalue weighted by atomic mass is 9.95. The molecular weight excluding hydrogens is 376 g/mol. The molecule has 2 aliphatic rings. The summed E-state index contributed by atoms with van der Waals surface area (Å²) >= 11 is 0. The van der Waals surface area contributed by atoms with Gasteiger partial charge in [-0.1, -0.05) is 6.07 Å². The second-order valence-corrected chi connectivity index (χ2v) is 8.66. The predicted molar refractivity (Wildman–Crippen MR) is 106 cm³/mol. The maximum absolute atomic E-state index is 12.3. The van der Waals surface area contributed by atoms with Gasteiger partial charge in [-0.15, -0.1) is 0 Å². The average molecular weight is 406 g/mol. The number of hydrogen-bond acceptors (Lipinski definition) is 7. The number of amides is 1. The zero-order valence-electron chi connectivity index (χ0n) is 17.5. The second kappa shape index (κ2) is 8.30. The molecule has 1 amide bonds. The van der Waals surface area contributed by atoms with E-state index in [1.54, 1.807) is 17.0 Å². The van der Waals surface area contributed by atoms with Gasteiger partial charge in [0.15, 0.2) is 0 Å². The Balaban J connectivity index is 1.66. The molecular formula is C21H30N2O6. The molecule has 0 spiro atoms. The highest BCUT2D eigenvalue weighted by atomic mass is 16.6. The largest absolute Gasteiger partial charge is 0.457 e. The number of ether oxygens (including phenoxy) is 2. The summed E-state index contributed by atoms with van der Waals surface area (Å²) in [5, 5.41) is 20.7. The van der Waals surface area contributed by atoms with E-state index in [-0.39, 0.29) is 25.2 Å². The molecule has 1 aromatic rings. The van der Waals surface area contributed by atoms with Gasteiger partial charge in [-0.25, -0.2) is 9.59 Å². The van der Waals surface area contributed by atoms with Crippen LogP contribution in [-0.2, 0) is 16.1 Å². The Morgan fingerprint density at radius 2 is 2.07 bits per heavy atom. The minimum atomic E-state index is -0.780. The first-order valence-corrected chi connectivity index (χ1v) is 9.91. The van der Waals surface area contributed by atoms with E-state index in [1.807, 2.05) is 32.6 Å². The topological polar surface area (TPSA) is 99.5 Å². The van der Waals surface area contributed by atoms with Crippen molar-refractivity contribution >= 4 is 12.1 Å². The zero-order valence-corrected chi connectivity index (χ0v) is 17.5. The number of piperazine rings is 1. The summed E-state index contributed by atoms with van der Waals surface area (Å²) in [6.07, 6.45) is -1.17. The number of esters is 1. The fourth-order valence-corrected chi connectivity index (χ4v) is 3.85. The van der Waals surface area contributed by atoms with Crippen LogP contribution in [0.3, 0.4) is 0 Å².